The van der Waals surface area contributed by atoms with Crippen molar-refractivity contribution in [2.45, 2.75) is 47.0 Å². The Kier molecular flexibility index (Phi) is 8.03. The first-order valence-electron chi connectivity index (χ1n) is 12.7. The van der Waals surface area contributed by atoms with Crippen LogP contribution in [-0.2, 0) is 0 Å². The van der Waals surface area contributed by atoms with Crippen LogP contribution in [0.2, 0.25) is 0 Å². The highest BCUT2D eigenvalue weighted by atomic mass is 15.1. The summed E-state index contributed by atoms with van der Waals surface area (Å²) in [6, 6.07) is 26.6. The molecule has 0 fully saturated rings. The van der Waals surface area contributed by atoms with Crippen molar-refractivity contribution in [3.8, 4) is 0 Å². The molecule has 1 aliphatic rings. The molecule has 2 nitrogen and oxygen atoms in total. The molecule has 0 saturated heterocycles. The average Bonchev–Trinajstić information content (AvgIpc) is 2.88. The van der Waals surface area contributed by atoms with Gasteiger partial charge in [0.1, 0.15) is 0 Å². The summed E-state index contributed by atoms with van der Waals surface area (Å²) >= 11 is 0. The maximum Gasteiger partial charge on any atom is 0.0462 e. The Morgan fingerprint density at radius 1 is 0.618 bits per heavy atom. The number of nitrogens with zero attached hydrogens (tertiary/aromatic N) is 2. The van der Waals surface area contributed by atoms with E-state index in [4.69, 9.17) is 0 Å². The van der Waals surface area contributed by atoms with Gasteiger partial charge in [0.2, 0.25) is 0 Å². The highest BCUT2D eigenvalue weighted by molar-refractivity contribution is 5.78. The van der Waals surface area contributed by atoms with Crippen molar-refractivity contribution in [3.05, 3.63) is 107 Å². The van der Waals surface area contributed by atoms with Crippen molar-refractivity contribution >= 4 is 22.6 Å². The molecule has 0 aliphatic heterocycles. The van der Waals surface area contributed by atoms with Crippen LogP contribution in [-0.4, -0.2) is 24.5 Å². The lowest BCUT2D eigenvalue weighted by Crippen LogP contribution is -2.24. The molecule has 0 unspecified atom stereocenters. The zero-order valence-electron chi connectivity index (χ0n) is 21.2. The molecule has 4 rings (SSSR count). The van der Waals surface area contributed by atoms with Crippen LogP contribution in [0.1, 0.15) is 49.8 Å². The van der Waals surface area contributed by atoms with Crippen LogP contribution in [0.5, 0.6) is 0 Å². The molecular weight excluding hydrogens is 412 g/mol. The van der Waals surface area contributed by atoms with Gasteiger partial charge in [0.15, 0.2) is 0 Å². The van der Waals surface area contributed by atoms with E-state index in [0.717, 1.165) is 19.5 Å². The molecule has 0 N–H and O–H groups in total. The lowest BCUT2D eigenvalue weighted by Gasteiger charge is -2.26. The third kappa shape index (κ3) is 5.87. The van der Waals surface area contributed by atoms with Gasteiger partial charge in [-0.1, -0.05) is 79.1 Å². The predicted molar refractivity (Wildman–Crippen MR) is 148 cm³/mol. The molecule has 0 radical (unpaired) electrons. The second-order valence-electron chi connectivity index (χ2n) is 9.35. The highest BCUT2D eigenvalue weighted by Gasteiger charge is 2.14. The monoisotopic (exact) mass is 450 g/mol. The van der Waals surface area contributed by atoms with E-state index < -0.39 is 0 Å². The molecule has 0 heterocycles. The molecule has 0 saturated carbocycles. The summed E-state index contributed by atoms with van der Waals surface area (Å²) in [4.78, 5) is 4.84. The Morgan fingerprint density at radius 2 is 1.12 bits per heavy atom. The lowest BCUT2D eigenvalue weighted by atomic mass is 9.91. The molecule has 0 bridgehead atoms. The number of anilines is 3. The molecule has 3 aromatic rings. The molecule has 1 aliphatic carbocycles. The summed E-state index contributed by atoms with van der Waals surface area (Å²) < 4.78 is 0. The summed E-state index contributed by atoms with van der Waals surface area (Å²) in [6.45, 7) is 12.2. The maximum atomic E-state index is 2.51. The first-order chi connectivity index (χ1) is 16.6. The van der Waals surface area contributed by atoms with Crippen molar-refractivity contribution in [1.29, 1.82) is 0 Å². The Bertz CT molecular complexity index is 1070. The topological polar surface area (TPSA) is 6.48 Å². The van der Waals surface area contributed by atoms with Crippen molar-refractivity contribution in [3.63, 3.8) is 0 Å². The third-order valence-electron chi connectivity index (χ3n) is 6.96. The molecule has 34 heavy (non-hydrogen) atoms. The summed E-state index contributed by atoms with van der Waals surface area (Å²) in [5.74, 6) is 0. The van der Waals surface area contributed by atoms with Gasteiger partial charge in [-0.2, -0.15) is 0 Å². The number of rotatable bonds is 9. The van der Waals surface area contributed by atoms with E-state index in [1.807, 2.05) is 0 Å². The fraction of sp³-hybridized carbons (Fsp3) is 0.312. The van der Waals surface area contributed by atoms with E-state index in [9.17, 15) is 0 Å². The largest absolute Gasteiger partial charge is 0.311 e. The third-order valence-corrected chi connectivity index (χ3v) is 6.96. The summed E-state index contributed by atoms with van der Waals surface area (Å²) in [5.41, 5.74) is 10.4. The normalized spacial score (nSPS) is 13.6. The van der Waals surface area contributed by atoms with E-state index in [2.05, 4.69) is 122 Å². The zero-order chi connectivity index (χ0) is 23.9. The number of hydrogen-bond acceptors (Lipinski definition) is 2. The van der Waals surface area contributed by atoms with Crippen LogP contribution in [0, 0.1) is 13.8 Å². The minimum Gasteiger partial charge on any atom is -0.311 e. The van der Waals surface area contributed by atoms with Crippen LogP contribution in [0.15, 0.2) is 90.5 Å². The minimum atomic E-state index is 1.13. The van der Waals surface area contributed by atoms with Crippen molar-refractivity contribution in [2.24, 2.45) is 0 Å². The van der Waals surface area contributed by atoms with E-state index in [1.54, 1.807) is 5.57 Å². The number of aryl methyl sites for hydroxylation is 2. The molecule has 3 aromatic carbocycles. The molecular formula is C32H38N2. The van der Waals surface area contributed by atoms with Gasteiger partial charge in [-0.05, 0) is 93.7 Å². The lowest BCUT2D eigenvalue weighted by molar-refractivity contribution is 0.306. The highest BCUT2D eigenvalue weighted by Crippen LogP contribution is 2.36. The molecule has 0 spiro atoms. The number of benzene rings is 3. The van der Waals surface area contributed by atoms with Crippen LogP contribution in [0.25, 0.3) is 5.57 Å². The molecule has 2 heteroatoms. The predicted octanol–water partition coefficient (Wildman–Crippen LogP) is 8.61. The second-order valence-corrected chi connectivity index (χ2v) is 9.35. The van der Waals surface area contributed by atoms with E-state index in [-0.39, 0.29) is 0 Å². The molecule has 176 valence electrons. The smallest absolute Gasteiger partial charge is 0.0462 e. The standard InChI is InChI=1S/C32H38N2/c1-5-33(6-2)24-23-27-11-13-28(14-12-27)29-15-21-32(22-16-29)34(30-17-7-25(3)8-18-30)31-19-9-26(4)10-20-31/h7-11,13,15-22H,5-6,12,14,23-24H2,1-4H3. The minimum absolute atomic E-state index is 1.13. The SMILES string of the molecule is CCN(CC)CCC1=CC=C(c2ccc(N(c3ccc(C)cc3)c3ccc(C)cc3)cc2)CC1. The van der Waals surface area contributed by atoms with Gasteiger partial charge < -0.3 is 9.80 Å². The summed E-state index contributed by atoms with van der Waals surface area (Å²) in [7, 11) is 0. The van der Waals surface area contributed by atoms with Gasteiger partial charge in [-0.3, -0.25) is 0 Å². The van der Waals surface area contributed by atoms with Gasteiger partial charge in [0.05, 0.1) is 0 Å². The van der Waals surface area contributed by atoms with Gasteiger partial charge in [0, 0.05) is 23.6 Å². The maximum absolute atomic E-state index is 2.51. The van der Waals surface area contributed by atoms with Crippen molar-refractivity contribution in [1.82, 2.24) is 4.90 Å². The fourth-order valence-electron chi connectivity index (χ4n) is 4.63. The first-order valence-corrected chi connectivity index (χ1v) is 12.7. The van der Waals surface area contributed by atoms with Crippen molar-refractivity contribution < 1.29 is 0 Å². The fourth-order valence-corrected chi connectivity index (χ4v) is 4.63. The first kappa shape index (κ1) is 24.0. The molecule has 0 atom stereocenters. The summed E-state index contributed by atoms with van der Waals surface area (Å²) in [6.07, 6.45) is 8.19. The van der Waals surface area contributed by atoms with E-state index in [1.165, 1.54) is 58.7 Å². The van der Waals surface area contributed by atoms with Crippen LogP contribution < -0.4 is 4.90 Å². The average molecular weight is 451 g/mol. The number of hydrogen-bond donors (Lipinski definition) is 0. The van der Waals surface area contributed by atoms with Gasteiger partial charge in [-0.15, -0.1) is 0 Å². The van der Waals surface area contributed by atoms with Gasteiger partial charge in [-0.25, -0.2) is 0 Å². The number of allylic oxidation sites excluding steroid dienone is 3. The van der Waals surface area contributed by atoms with E-state index in [0.29, 0.717) is 0 Å². The van der Waals surface area contributed by atoms with Crippen LogP contribution in [0.3, 0.4) is 0 Å². The Balaban J connectivity index is 1.55. The molecule has 0 amide bonds. The van der Waals surface area contributed by atoms with Gasteiger partial charge >= 0.3 is 0 Å². The van der Waals surface area contributed by atoms with Gasteiger partial charge in [0.25, 0.3) is 0 Å². The van der Waals surface area contributed by atoms with Crippen molar-refractivity contribution in [2.75, 3.05) is 24.5 Å². The zero-order valence-corrected chi connectivity index (χ0v) is 21.2. The van der Waals surface area contributed by atoms with Crippen LogP contribution >= 0.6 is 0 Å². The Hall–Kier alpha value is -3.10. The van der Waals surface area contributed by atoms with E-state index >= 15 is 0 Å². The Labute approximate surface area is 206 Å². The molecule has 0 aromatic heterocycles. The quantitative estimate of drug-likeness (QED) is 0.322. The van der Waals surface area contributed by atoms with Crippen LogP contribution in [0.4, 0.5) is 17.1 Å². The second kappa shape index (κ2) is 11.4. The Morgan fingerprint density at radius 3 is 1.56 bits per heavy atom. The summed E-state index contributed by atoms with van der Waals surface area (Å²) in [5, 5.41) is 0.